The highest BCUT2D eigenvalue weighted by atomic mass is 127. The first kappa shape index (κ1) is 20.2. The van der Waals surface area contributed by atoms with E-state index in [0.29, 0.717) is 6.04 Å². The van der Waals surface area contributed by atoms with Crippen LogP contribution in [0.1, 0.15) is 20.3 Å². The van der Waals surface area contributed by atoms with Crippen molar-refractivity contribution < 1.29 is 4.74 Å². The van der Waals surface area contributed by atoms with Crippen LogP contribution in [0.4, 0.5) is 0 Å². The fourth-order valence-corrected chi connectivity index (χ4v) is 1.38. The third kappa shape index (κ3) is 12.4. The molecule has 0 radical (unpaired) electrons. The molecule has 18 heavy (non-hydrogen) atoms. The zero-order chi connectivity index (χ0) is 13.1. The molecule has 0 saturated heterocycles. The van der Waals surface area contributed by atoms with Crippen LogP contribution < -0.4 is 10.6 Å². The molecule has 0 rings (SSSR count). The van der Waals surface area contributed by atoms with Crippen LogP contribution in [0.3, 0.4) is 0 Å². The Morgan fingerprint density at radius 2 is 2.00 bits per heavy atom. The summed E-state index contributed by atoms with van der Waals surface area (Å²) in [4.78, 5) is 6.42. The number of nitrogens with one attached hydrogen (secondary N) is 2. The van der Waals surface area contributed by atoms with Gasteiger partial charge in [0.15, 0.2) is 5.96 Å². The van der Waals surface area contributed by atoms with Gasteiger partial charge < -0.3 is 20.3 Å². The van der Waals surface area contributed by atoms with Crippen molar-refractivity contribution in [3.05, 3.63) is 0 Å². The van der Waals surface area contributed by atoms with E-state index in [-0.39, 0.29) is 24.0 Å². The second kappa shape index (κ2) is 13.4. The lowest BCUT2D eigenvalue weighted by Gasteiger charge is -2.17. The Balaban J connectivity index is 0. The molecule has 0 aromatic carbocycles. The van der Waals surface area contributed by atoms with E-state index >= 15 is 0 Å². The van der Waals surface area contributed by atoms with E-state index in [9.17, 15) is 0 Å². The number of hydrogen-bond donors (Lipinski definition) is 2. The number of hydrogen-bond acceptors (Lipinski definition) is 3. The van der Waals surface area contributed by atoms with E-state index in [1.165, 1.54) is 0 Å². The van der Waals surface area contributed by atoms with Gasteiger partial charge in [0, 0.05) is 33.3 Å². The van der Waals surface area contributed by atoms with Crippen LogP contribution in [-0.4, -0.2) is 64.3 Å². The fraction of sp³-hybridized carbons (Fsp3) is 0.917. The van der Waals surface area contributed by atoms with Crippen molar-refractivity contribution in [3.8, 4) is 0 Å². The minimum absolute atomic E-state index is 0. The van der Waals surface area contributed by atoms with Crippen LogP contribution in [0.5, 0.6) is 0 Å². The summed E-state index contributed by atoms with van der Waals surface area (Å²) in [5, 5.41) is 6.55. The van der Waals surface area contributed by atoms with Crippen molar-refractivity contribution in [2.75, 3.05) is 47.4 Å². The molecule has 0 heterocycles. The van der Waals surface area contributed by atoms with Crippen molar-refractivity contribution in [2.45, 2.75) is 26.3 Å². The molecule has 0 aliphatic heterocycles. The van der Waals surface area contributed by atoms with Crippen LogP contribution in [0, 0.1) is 0 Å². The molecule has 0 unspecified atom stereocenters. The number of aliphatic imine (C=N–C) groups is 1. The Kier molecular flexibility index (Phi) is 15.0. The molecule has 110 valence electrons. The van der Waals surface area contributed by atoms with Gasteiger partial charge in [-0.2, -0.15) is 0 Å². The van der Waals surface area contributed by atoms with Crippen LogP contribution in [0.15, 0.2) is 4.99 Å². The van der Waals surface area contributed by atoms with Gasteiger partial charge in [-0.15, -0.1) is 24.0 Å². The SMILES string of the molecule is CN=C(NCCCN(C)CCOC)NC(C)C.I. The van der Waals surface area contributed by atoms with Gasteiger partial charge in [-0.25, -0.2) is 0 Å². The number of ether oxygens (including phenoxy) is 1. The lowest BCUT2D eigenvalue weighted by molar-refractivity contribution is 0.161. The summed E-state index contributed by atoms with van der Waals surface area (Å²) in [6, 6.07) is 0.408. The molecule has 0 aromatic rings. The van der Waals surface area contributed by atoms with Gasteiger partial charge in [-0.3, -0.25) is 4.99 Å². The molecule has 0 saturated carbocycles. The Morgan fingerprint density at radius 3 is 2.50 bits per heavy atom. The highest BCUT2D eigenvalue weighted by Gasteiger charge is 2.00. The number of likely N-dealkylation sites (N-methyl/N-ethyl adjacent to an activating group) is 1. The van der Waals surface area contributed by atoms with E-state index in [2.05, 4.69) is 41.4 Å². The third-order valence-electron chi connectivity index (χ3n) is 2.34. The molecule has 0 atom stereocenters. The average Bonchev–Trinajstić information content (AvgIpc) is 2.29. The average molecular weight is 372 g/mol. The molecule has 0 bridgehead atoms. The molecule has 0 aromatic heterocycles. The number of guanidine groups is 1. The summed E-state index contributed by atoms with van der Waals surface area (Å²) < 4.78 is 5.03. The van der Waals surface area contributed by atoms with E-state index in [1.54, 1.807) is 14.2 Å². The van der Waals surface area contributed by atoms with Gasteiger partial charge in [0.1, 0.15) is 0 Å². The van der Waals surface area contributed by atoms with Crippen molar-refractivity contribution in [2.24, 2.45) is 4.99 Å². The molecular weight excluding hydrogens is 343 g/mol. The van der Waals surface area contributed by atoms with Gasteiger partial charge in [0.2, 0.25) is 0 Å². The Bertz CT molecular complexity index is 212. The van der Waals surface area contributed by atoms with Gasteiger partial charge in [0.25, 0.3) is 0 Å². The van der Waals surface area contributed by atoms with Gasteiger partial charge in [-0.1, -0.05) is 0 Å². The topological polar surface area (TPSA) is 48.9 Å². The normalized spacial score (nSPS) is 11.6. The number of methoxy groups -OCH3 is 1. The van der Waals surface area contributed by atoms with Crippen LogP contribution in [-0.2, 0) is 4.74 Å². The predicted molar refractivity (Wildman–Crippen MR) is 89.0 cm³/mol. The van der Waals surface area contributed by atoms with Gasteiger partial charge >= 0.3 is 0 Å². The minimum Gasteiger partial charge on any atom is -0.383 e. The predicted octanol–water partition coefficient (Wildman–Crippen LogP) is 1.15. The Morgan fingerprint density at radius 1 is 1.33 bits per heavy atom. The van der Waals surface area contributed by atoms with Crippen molar-refractivity contribution >= 4 is 29.9 Å². The molecule has 0 aliphatic carbocycles. The monoisotopic (exact) mass is 372 g/mol. The largest absolute Gasteiger partial charge is 0.383 e. The van der Waals surface area contributed by atoms with E-state index in [4.69, 9.17) is 4.74 Å². The maximum atomic E-state index is 5.03. The first-order valence-corrected chi connectivity index (χ1v) is 6.24. The molecule has 6 heteroatoms. The van der Waals surface area contributed by atoms with E-state index < -0.39 is 0 Å². The van der Waals surface area contributed by atoms with E-state index in [0.717, 1.165) is 38.6 Å². The zero-order valence-electron chi connectivity index (χ0n) is 12.3. The van der Waals surface area contributed by atoms with Gasteiger partial charge in [0.05, 0.1) is 6.61 Å². The van der Waals surface area contributed by atoms with Gasteiger partial charge in [-0.05, 0) is 33.9 Å². The Labute approximate surface area is 129 Å². The summed E-state index contributed by atoms with van der Waals surface area (Å²) in [7, 11) is 5.64. The maximum Gasteiger partial charge on any atom is 0.191 e. The Hall–Kier alpha value is -0.0800. The van der Waals surface area contributed by atoms with Crippen molar-refractivity contribution in [1.29, 1.82) is 0 Å². The smallest absolute Gasteiger partial charge is 0.191 e. The first-order valence-electron chi connectivity index (χ1n) is 6.24. The minimum atomic E-state index is 0. The second-order valence-electron chi connectivity index (χ2n) is 4.45. The van der Waals surface area contributed by atoms with Crippen LogP contribution in [0.2, 0.25) is 0 Å². The zero-order valence-corrected chi connectivity index (χ0v) is 14.7. The summed E-state index contributed by atoms with van der Waals surface area (Å²) in [5.41, 5.74) is 0. The van der Waals surface area contributed by atoms with Crippen LogP contribution >= 0.6 is 24.0 Å². The van der Waals surface area contributed by atoms with E-state index in [1.807, 2.05) is 0 Å². The quantitative estimate of drug-likeness (QED) is 0.291. The molecule has 0 aliphatic rings. The van der Waals surface area contributed by atoms with Crippen molar-refractivity contribution in [3.63, 3.8) is 0 Å². The summed E-state index contributed by atoms with van der Waals surface area (Å²) >= 11 is 0. The lowest BCUT2D eigenvalue weighted by Crippen LogP contribution is -2.41. The molecule has 0 fully saturated rings. The number of nitrogens with zero attached hydrogens (tertiary/aromatic N) is 2. The molecule has 5 nitrogen and oxygen atoms in total. The second-order valence-corrected chi connectivity index (χ2v) is 4.45. The lowest BCUT2D eigenvalue weighted by atomic mass is 10.4. The summed E-state index contributed by atoms with van der Waals surface area (Å²) in [5.74, 6) is 0.875. The third-order valence-corrected chi connectivity index (χ3v) is 2.34. The number of halogens is 1. The summed E-state index contributed by atoms with van der Waals surface area (Å²) in [6.07, 6.45) is 1.10. The highest BCUT2D eigenvalue weighted by Crippen LogP contribution is 1.87. The van der Waals surface area contributed by atoms with Crippen molar-refractivity contribution in [1.82, 2.24) is 15.5 Å². The first-order chi connectivity index (χ1) is 8.10. The molecule has 2 N–H and O–H groups in total. The highest BCUT2D eigenvalue weighted by molar-refractivity contribution is 14.0. The maximum absolute atomic E-state index is 5.03. The molecular formula is C12H29IN4O. The molecule has 0 spiro atoms. The standard InChI is InChI=1S/C12H28N4O.HI/c1-11(2)15-12(13-3)14-7-6-8-16(4)9-10-17-5;/h11H,6-10H2,1-5H3,(H2,13,14,15);1H. The fourth-order valence-electron chi connectivity index (χ4n) is 1.38. The summed E-state index contributed by atoms with van der Waals surface area (Å²) in [6.45, 7) is 7.98. The molecule has 0 amide bonds. The number of rotatable bonds is 8. The van der Waals surface area contributed by atoms with Crippen LogP contribution in [0.25, 0.3) is 0 Å².